The first-order valence-corrected chi connectivity index (χ1v) is 7.44. The van der Waals surface area contributed by atoms with E-state index in [4.69, 9.17) is 10.7 Å². The number of anilines is 1. The maximum absolute atomic E-state index is 5.97. The highest BCUT2D eigenvalue weighted by Crippen LogP contribution is 2.31. The minimum atomic E-state index is 0.526. The van der Waals surface area contributed by atoms with Gasteiger partial charge in [-0.2, -0.15) is 0 Å². The molecular formula is C15H26N4. The highest BCUT2D eigenvalue weighted by Gasteiger charge is 2.30. The zero-order chi connectivity index (χ0) is 13.8. The van der Waals surface area contributed by atoms with Crippen molar-refractivity contribution >= 4 is 5.82 Å². The normalized spacial score (nSPS) is 23.4. The Morgan fingerprint density at radius 3 is 2.74 bits per heavy atom. The molecule has 19 heavy (non-hydrogen) atoms. The summed E-state index contributed by atoms with van der Waals surface area (Å²) in [7, 11) is 0. The van der Waals surface area contributed by atoms with E-state index in [-0.39, 0.29) is 0 Å². The average Bonchev–Trinajstić information content (AvgIpc) is 2.44. The molecule has 0 aromatic carbocycles. The van der Waals surface area contributed by atoms with Crippen LogP contribution >= 0.6 is 0 Å². The molecule has 0 saturated heterocycles. The maximum atomic E-state index is 5.97. The first kappa shape index (κ1) is 14.3. The van der Waals surface area contributed by atoms with Gasteiger partial charge in [0.1, 0.15) is 0 Å². The molecule has 1 aliphatic rings. The standard InChI is InChI=1S/C15H26N4/c1-4-19(14-8-6-5-7-13(14)9-16)15-12(3)17-10-11(2)18-15/h10,13-14H,4-9,16H2,1-3H3. The van der Waals surface area contributed by atoms with Crippen LogP contribution in [0.25, 0.3) is 0 Å². The van der Waals surface area contributed by atoms with Gasteiger partial charge in [-0.3, -0.25) is 4.98 Å². The highest BCUT2D eigenvalue weighted by molar-refractivity contribution is 5.44. The van der Waals surface area contributed by atoms with Crippen LogP contribution in [-0.4, -0.2) is 29.1 Å². The maximum Gasteiger partial charge on any atom is 0.150 e. The number of hydrogen-bond donors (Lipinski definition) is 1. The van der Waals surface area contributed by atoms with E-state index in [9.17, 15) is 0 Å². The lowest BCUT2D eigenvalue weighted by Crippen LogP contribution is -2.46. The van der Waals surface area contributed by atoms with Gasteiger partial charge in [0.2, 0.25) is 0 Å². The SMILES string of the molecule is CCN(c1nc(C)cnc1C)C1CCCCC1CN. The minimum absolute atomic E-state index is 0.526. The predicted octanol–water partition coefficient (Wildman–Crippen LogP) is 2.44. The van der Waals surface area contributed by atoms with Crippen LogP contribution in [0.15, 0.2) is 6.20 Å². The summed E-state index contributed by atoms with van der Waals surface area (Å²) >= 11 is 0. The van der Waals surface area contributed by atoms with E-state index in [0.717, 1.165) is 30.3 Å². The van der Waals surface area contributed by atoms with Gasteiger partial charge in [0, 0.05) is 18.8 Å². The Hall–Kier alpha value is -1.16. The molecule has 1 saturated carbocycles. The molecule has 2 atom stereocenters. The average molecular weight is 262 g/mol. The van der Waals surface area contributed by atoms with Gasteiger partial charge >= 0.3 is 0 Å². The molecule has 0 amide bonds. The second kappa shape index (κ2) is 6.33. The van der Waals surface area contributed by atoms with Crippen molar-refractivity contribution in [3.05, 3.63) is 17.6 Å². The Bertz CT molecular complexity index is 419. The van der Waals surface area contributed by atoms with Gasteiger partial charge in [-0.15, -0.1) is 0 Å². The zero-order valence-electron chi connectivity index (χ0n) is 12.4. The third-order valence-electron chi connectivity index (χ3n) is 4.24. The summed E-state index contributed by atoms with van der Waals surface area (Å²) in [6.45, 7) is 8.00. The Morgan fingerprint density at radius 1 is 1.32 bits per heavy atom. The molecule has 0 radical (unpaired) electrons. The van der Waals surface area contributed by atoms with Crippen molar-refractivity contribution in [2.24, 2.45) is 11.7 Å². The molecule has 2 N–H and O–H groups in total. The summed E-state index contributed by atoms with van der Waals surface area (Å²) in [5, 5.41) is 0. The van der Waals surface area contributed by atoms with Crippen LogP contribution in [0, 0.1) is 19.8 Å². The minimum Gasteiger partial charge on any atom is -0.352 e. The Balaban J connectivity index is 2.29. The Kier molecular flexibility index (Phi) is 4.75. The Labute approximate surface area is 116 Å². The molecular weight excluding hydrogens is 236 g/mol. The van der Waals surface area contributed by atoms with Gasteiger partial charge < -0.3 is 10.6 Å². The summed E-state index contributed by atoms with van der Waals surface area (Å²) in [5.41, 5.74) is 7.98. The van der Waals surface area contributed by atoms with E-state index >= 15 is 0 Å². The van der Waals surface area contributed by atoms with Crippen molar-refractivity contribution in [2.75, 3.05) is 18.0 Å². The monoisotopic (exact) mass is 262 g/mol. The van der Waals surface area contributed by atoms with Crippen LogP contribution in [0.3, 0.4) is 0 Å². The lowest BCUT2D eigenvalue weighted by molar-refractivity contribution is 0.299. The molecule has 0 bridgehead atoms. The van der Waals surface area contributed by atoms with Gasteiger partial charge in [0.25, 0.3) is 0 Å². The van der Waals surface area contributed by atoms with E-state index in [0.29, 0.717) is 12.0 Å². The summed E-state index contributed by atoms with van der Waals surface area (Å²) in [6, 6.07) is 0.526. The van der Waals surface area contributed by atoms with Crippen LogP contribution in [0.1, 0.15) is 44.0 Å². The molecule has 1 heterocycles. The van der Waals surface area contributed by atoms with Gasteiger partial charge in [-0.05, 0) is 46.1 Å². The van der Waals surface area contributed by atoms with Gasteiger partial charge in [0.05, 0.1) is 11.4 Å². The molecule has 1 aromatic rings. The van der Waals surface area contributed by atoms with Gasteiger partial charge in [-0.1, -0.05) is 12.8 Å². The van der Waals surface area contributed by atoms with Crippen LogP contribution in [0.4, 0.5) is 5.82 Å². The summed E-state index contributed by atoms with van der Waals surface area (Å²) in [4.78, 5) is 11.6. The van der Waals surface area contributed by atoms with E-state index in [2.05, 4.69) is 16.8 Å². The fraction of sp³-hybridized carbons (Fsp3) is 0.733. The molecule has 4 heteroatoms. The quantitative estimate of drug-likeness (QED) is 0.905. The molecule has 2 rings (SSSR count). The Morgan fingerprint density at radius 2 is 2.05 bits per heavy atom. The van der Waals surface area contributed by atoms with Crippen molar-refractivity contribution in [1.82, 2.24) is 9.97 Å². The molecule has 0 spiro atoms. The molecule has 0 aliphatic heterocycles. The lowest BCUT2D eigenvalue weighted by atomic mass is 9.83. The van der Waals surface area contributed by atoms with Gasteiger partial charge in [-0.25, -0.2) is 4.98 Å². The number of hydrogen-bond acceptors (Lipinski definition) is 4. The van der Waals surface area contributed by atoms with Crippen LogP contribution in [-0.2, 0) is 0 Å². The number of aromatic nitrogens is 2. The van der Waals surface area contributed by atoms with Crippen molar-refractivity contribution in [3.8, 4) is 0 Å². The lowest BCUT2D eigenvalue weighted by Gasteiger charge is -2.40. The van der Waals surface area contributed by atoms with E-state index in [1.807, 2.05) is 20.0 Å². The number of rotatable bonds is 4. The first-order chi connectivity index (χ1) is 9.17. The molecule has 106 valence electrons. The summed E-state index contributed by atoms with van der Waals surface area (Å²) < 4.78 is 0. The van der Waals surface area contributed by atoms with Crippen molar-refractivity contribution < 1.29 is 0 Å². The zero-order valence-corrected chi connectivity index (χ0v) is 12.4. The highest BCUT2D eigenvalue weighted by atomic mass is 15.2. The molecule has 4 nitrogen and oxygen atoms in total. The van der Waals surface area contributed by atoms with E-state index in [1.165, 1.54) is 25.7 Å². The smallest absolute Gasteiger partial charge is 0.150 e. The van der Waals surface area contributed by atoms with E-state index < -0.39 is 0 Å². The number of nitrogens with zero attached hydrogens (tertiary/aromatic N) is 3. The second-order valence-electron chi connectivity index (χ2n) is 5.55. The number of nitrogens with two attached hydrogens (primary N) is 1. The van der Waals surface area contributed by atoms with Crippen LogP contribution < -0.4 is 10.6 Å². The predicted molar refractivity (Wildman–Crippen MR) is 79.3 cm³/mol. The van der Waals surface area contributed by atoms with Crippen LogP contribution in [0.5, 0.6) is 0 Å². The third-order valence-corrected chi connectivity index (χ3v) is 4.24. The third kappa shape index (κ3) is 3.06. The summed E-state index contributed by atoms with van der Waals surface area (Å²) in [6.07, 6.45) is 6.93. The molecule has 2 unspecified atom stereocenters. The van der Waals surface area contributed by atoms with E-state index in [1.54, 1.807) is 0 Å². The number of aryl methyl sites for hydroxylation is 2. The second-order valence-corrected chi connectivity index (χ2v) is 5.55. The topological polar surface area (TPSA) is 55.0 Å². The van der Waals surface area contributed by atoms with Crippen LogP contribution in [0.2, 0.25) is 0 Å². The van der Waals surface area contributed by atoms with Crippen molar-refractivity contribution in [1.29, 1.82) is 0 Å². The molecule has 1 aromatic heterocycles. The summed E-state index contributed by atoms with van der Waals surface area (Å²) in [5.74, 6) is 1.64. The fourth-order valence-corrected chi connectivity index (χ4v) is 3.21. The molecule has 1 fully saturated rings. The fourth-order valence-electron chi connectivity index (χ4n) is 3.21. The van der Waals surface area contributed by atoms with Crippen molar-refractivity contribution in [3.63, 3.8) is 0 Å². The molecule has 1 aliphatic carbocycles. The largest absolute Gasteiger partial charge is 0.352 e. The van der Waals surface area contributed by atoms with Gasteiger partial charge in [0.15, 0.2) is 5.82 Å². The first-order valence-electron chi connectivity index (χ1n) is 7.44. The van der Waals surface area contributed by atoms with Crippen molar-refractivity contribution in [2.45, 2.75) is 52.5 Å².